The second kappa shape index (κ2) is 4.28. The zero-order chi connectivity index (χ0) is 10.8. The zero-order valence-corrected chi connectivity index (χ0v) is 9.49. The second-order valence-corrected chi connectivity index (χ2v) is 4.48. The van der Waals surface area contributed by atoms with Crippen molar-refractivity contribution < 1.29 is 9.28 Å². The van der Waals surface area contributed by atoms with Gasteiger partial charge in [-0.05, 0) is 6.92 Å². The Morgan fingerprint density at radius 2 is 2.00 bits per heavy atom. The Kier molecular flexibility index (Phi) is 3.50. The van der Waals surface area contributed by atoms with Crippen molar-refractivity contribution in [3.05, 3.63) is 0 Å². The van der Waals surface area contributed by atoms with Crippen LogP contribution in [0.2, 0.25) is 0 Å². The molecule has 0 aromatic heterocycles. The third kappa shape index (κ3) is 2.07. The second-order valence-electron chi connectivity index (χ2n) is 4.48. The van der Waals surface area contributed by atoms with Crippen LogP contribution in [0.3, 0.4) is 0 Å². The first kappa shape index (κ1) is 11.5. The molecule has 1 radical (unpaired) electrons. The maximum Gasteiger partial charge on any atom is 0.341 e. The normalized spacial score (nSPS) is 22.6. The molecule has 0 aromatic carbocycles. The zero-order valence-electron chi connectivity index (χ0n) is 9.49. The molecule has 1 aliphatic rings. The van der Waals surface area contributed by atoms with E-state index in [9.17, 15) is 4.79 Å². The number of nitrogens with two attached hydrogens (primary N) is 1. The fourth-order valence-corrected chi connectivity index (χ4v) is 2.48. The highest BCUT2D eigenvalue weighted by atomic mass is 16.2. The quantitative estimate of drug-likeness (QED) is 0.497. The molecule has 1 fully saturated rings. The van der Waals surface area contributed by atoms with Crippen molar-refractivity contribution in [3.63, 3.8) is 0 Å². The van der Waals surface area contributed by atoms with Crippen molar-refractivity contribution >= 4 is 5.91 Å². The van der Waals surface area contributed by atoms with E-state index in [4.69, 9.17) is 5.73 Å². The number of nitrogens with zero attached hydrogens (tertiary/aromatic N) is 2. The lowest BCUT2D eigenvalue weighted by molar-refractivity contribution is -0.919. The maximum absolute atomic E-state index is 11.5. The van der Waals surface area contributed by atoms with Crippen LogP contribution in [0.15, 0.2) is 0 Å². The van der Waals surface area contributed by atoms with Crippen LogP contribution in [0.5, 0.6) is 0 Å². The minimum atomic E-state index is -0.196. The highest BCUT2D eigenvalue weighted by Crippen LogP contribution is 2.21. The van der Waals surface area contributed by atoms with E-state index in [1.54, 1.807) is 0 Å². The van der Waals surface area contributed by atoms with Crippen molar-refractivity contribution in [1.29, 1.82) is 0 Å². The fourth-order valence-electron chi connectivity index (χ4n) is 2.48. The van der Waals surface area contributed by atoms with Gasteiger partial charge in [0.05, 0.1) is 20.1 Å². The molecule has 1 aliphatic heterocycles. The molecule has 1 unspecified atom stereocenters. The Hall–Kier alpha value is -0.610. The lowest BCUT2D eigenvalue weighted by atomic mass is 10.3. The van der Waals surface area contributed by atoms with Crippen LogP contribution in [0.1, 0.15) is 19.8 Å². The summed E-state index contributed by atoms with van der Waals surface area (Å²) in [5.74, 6) is -0.196. The van der Waals surface area contributed by atoms with E-state index < -0.39 is 0 Å². The molecule has 4 nitrogen and oxygen atoms in total. The number of amides is 1. The number of primary amides is 1. The van der Waals surface area contributed by atoms with Gasteiger partial charge in [0.25, 0.3) is 0 Å². The summed E-state index contributed by atoms with van der Waals surface area (Å²) in [7, 11) is 4.10. The van der Waals surface area contributed by atoms with Crippen molar-refractivity contribution in [1.82, 2.24) is 4.90 Å². The van der Waals surface area contributed by atoms with Crippen LogP contribution in [0, 0.1) is 0 Å². The lowest BCUT2D eigenvalue weighted by Crippen LogP contribution is -2.65. The number of hydrogen-bond donors (Lipinski definition) is 1. The molecular weight excluding hydrogens is 178 g/mol. The highest BCUT2D eigenvalue weighted by molar-refractivity contribution is 5.78. The van der Waals surface area contributed by atoms with Crippen molar-refractivity contribution in [2.24, 2.45) is 5.73 Å². The summed E-state index contributed by atoms with van der Waals surface area (Å²) in [5, 5.41) is 0. The summed E-state index contributed by atoms with van der Waals surface area (Å²) < 4.78 is 0.791. The summed E-state index contributed by atoms with van der Waals surface area (Å²) in [4.78, 5) is 13.5. The number of carbonyl (C=O) groups is 1. The van der Waals surface area contributed by atoms with Crippen LogP contribution in [-0.2, 0) is 4.79 Å². The first-order valence-electron chi connectivity index (χ1n) is 5.35. The monoisotopic (exact) mass is 200 g/mol. The standard InChI is InChI=1S/C10H21N3O/c1-4-12(2)10(9(11)14)13(3)7-5-6-8-13/h10H,4-8H2,1-3H3,(H-,11,14)/q+1/p+1. The van der Waals surface area contributed by atoms with E-state index in [0.29, 0.717) is 0 Å². The van der Waals surface area contributed by atoms with Crippen LogP contribution in [0.4, 0.5) is 0 Å². The molecule has 81 valence electrons. The van der Waals surface area contributed by atoms with Gasteiger partial charge in [0, 0.05) is 12.8 Å². The molecule has 1 atom stereocenters. The Morgan fingerprint density at radius 3 is 2.36 bits per heavy atom. The predicted octanol–water partition coefficient (Wildman–Crippen LogP) is -0.172. The molecule has 2 N–H and O–H groups in total. The Labute approximate surface area is 86.2 Å². The van der Waals surface area contributed by atoms with Crippen LogP contribution < -0.4 is 10.6 Å². The van der Waals surface area contributed by atoms with Crippen LogP contribution in [0.25, 0.3) is 0 Å². The molecule has 4 heteroatoms. The average Bonchev–Trinajstić information content (AvgIpc) is 2.51. The molecule has 0 aliphatic carbocycles. The van der Waals surface area contributed by atoms with Crippen molar-refractivity contribution in [3.8, 4) is 0 Å². The summed E-state index contributed by atoms with van der Waals surface area (Å²) >= 11 is 0. The number of likely N-dealkylation sites (N-methyl/N-ethyl adjacent to an activating group) is 2. The average molecular weight is 200 g/mol. The third-order valence-electron chi connectivity index (χ3n) is 3.35. The highest BCUT2D eigenvalue weighted by Gasteiger charge is 2.47. The van der Waals surface area contributed by atoms with E-state index in [1.165, 1.54) is 12.8 Å². The van der Waals surface area contributed by atoms with E-state index in [2.05, 4.69) is 14.0 Å². The van der Waals surface area contributed by atoms with Gasteiger partial charge in [0.1, 0.15) is 13.6 Å². The number of likely N-dealkylation sites (tertiary alicyclic amines) is 1. The summed E-state index contributed by atoms with van der Waals surface area (Å²) in [5.41, 5.74) is 5.48. The predicted molar refractivity (Wildman–Crippen MR) is 56.7 cm³/mol. The van der Waals surface area contributed by atoms with Gasteiger partial charge in [-0.15, -0.1) is 4.90 Å². The Balaban J connectivity index is 2.81. The number of hydrogen-bond acceptors (Lipinski definition) is 2. The molecule has 0 saturated carbocycles. The van der Waals surface area contributed by atoms with Gasteiger partial charge in [-0.2, -0.15) is 0 Å². The molecule has 0 spiro atoms. The largest absolute Gasteiger partial charge is 0.359 e. The molecule has 1 heterocycles. The van der Waals surface area contributed by atoms with Gasteiger partial charge in [-0.1, -0.05) is 0 Å². The summed E-state index contributed by atoms with van der Waals surface area (Å²) in [6, 6.07) is 0. The van der Waals surface area contributed by atoms with Gasteiger partial charge >= 0.3 is 12.1 Å². The molecule has 1 amide bonds. The third-order valence-corrected chi connectivity index (χ3v) is 3.35. The Morgan fingerprint density at radius 1 is 1.50 bits per heavy atom. The fraction of sp³-hybridized carbons (Fsp3) is 0.900. The minimum Gasteiger partial charge on any atom is -0.359 e. The van der Waals surface area contributed by atoms with E-state index in [0.717, 1.165) is 24.1 Å². The molecule has 1 rings (SSSR count). The lowest BCUT2D eigenvalue weighted by Gasteiger charge is -2.33. The van der Waals surface area contributed by atoms with Crippen molar-refractivity contribution in [2.75, 3.05) is 33.7 Å². The van der Waals surface area contributed by atoms with Gasteiger partial charge in [0.2, 0.25) is 0 Å². The minimum absolute atomic E-state index is 0.150. The molecule has 14 heavy (non-hydrogen) atoms. The van der Waals surface area contributed by atoms with E-state index in [1.807, 2.05) is 11.9 Å². The molecule has 0 bridgehead atoms. The SMILES string of the molecule is CC[N+](C)C(C(N)=O)[N+]1(C)CCCC1. The first-order chi connectivity index (χ1) is 6.51. The van der Waals surface area contributed by atoms with E-state index >= 15 is 0 Å². The van der Waals surface area contributed by atoms with Crippen LogP contribution >= 0.6 is 0 Å². The summed E-state index contributed by atoms with van der Waals surface area (Å²) in [6.45, 7) is 5.05. The van der Waals surface area contributed by atoms with Crippen LogP contribution in [-0.4, -0.2) is 50.3 Å². The van der Waals surface area contributed by atoms with Gasteiger partial charge in [-0.3, -0.25) is 9.28 Å². The van der Waals surface area contributed by atoms with Gasteiger partial charge in [0.15, 0.2) is 0 Å². The van der Waals surface area contributed by atoms with Gasteiger partial charge < -0.3 is 5.73 Å². The molecule has 0 aromatic rings. The summed E-state index contributed by atoms with van der Waals surface area (Å²) in [6.07, 6.45) is 2.26. The first-order valence-corrected chi connectivity index (χ1v) is 5.35. The van der Waals surface area contributed by atoms with E-state index in [-0.39, 0.29) is 12.1 Å². The number of rotatable bonds is 4. The van der Waals surface area contributed by atoms with Gasteiger partial charge in [-0.25, -0.2) is 0 Å². The number of quaternary nitrogens is 1. The molecule has 1 saturated heterocycles. The Bertz CT molecular complexity index is 211. The maximum atomic E-state index is 11.5. The smallest absolute Gasteiger partial charge is 0.341 e. The van der Waals surface area contributed by atoms with Crippen molar-refractivity contribution in [2.45, 2.75) is 25.9 Å². The number of carbonyl (C=O) groups excluding carboxylic acids is 1. The molecular formula is C10H22N3O+2. The topological polar surface area (TPSA) is 49.0 Å².